The summed E-state index contributed by atoms with van der Waals surface area (Å²) in [7, 11) is 1.66. The van der Waals surface area contributed by atoms with Crippen LogP contribution in [0.4, 0.5) is 0 Å². The first-order valence-electron chi connectivity index (χ1n) is 6.36. The second kappa shape index (κ2) is 5.51. The van der Waals surface area contributed by atoms with Crippen LogP contribution in [0.5, 0.6) is 5.75 Å². The van der Waals surface area contributed by atoms with Crippen molar-refractivity contribution in [3.8, 4) is 11.4 Å². The first-order valence-corrected chi connectivity index (χ1v) is 6.89. The van der Waals surface area contributed by atoms with Crippen molar-refractivity contribution in [3.05, 3.63) is 48.4 Å². The van der Waals surface area contributed by atoms with Gasteiger partial charge in [-0.15, -0.1) is 11.6 Å². The van der Waals surface area contributed by atoms with E-state index in [1.54, 1.807) is 13.3 Å². The zero-order chi connectivity index (χ0) is 13.9. The minimum absolute atomic E-state index is 0.521. The summed E-state index contributed by atoms with van der Waals surface area (Å²) >= 11 is 5.88. The van der Waals surface area contributed by atoms with Crippen molar-refractivity contribution in [2.45, 2.75) is 6.42 Å². The lowest BCUT2D eigenvalue weighted by Gasteiger charge is -2.09. The van der Waals surface area contributed by atoms with Gasteiger partial charge in [0.25, 0.3) is 0 Å². The molecule has 5 heteroatoms. The number of fused-ring (bicyclic) bond motifs is 1. The zero-order valence-corrected chi connectivity index (χ0v) is 11.8. The molecule has 0 aliphatic carbocycles. The molecule has 4 nitrogen and oxygen atoms in total. The van der Waals surface area contributed by atoms with Gasteiger partial charge < -0.3 is 4.74 Å². The molecule has 0 unspecified atom stereocenters. The van der Waals surface area contributed by atoms with Crippen LogP contribution in [-0.4, -0.2) is 27.5 Å². The highest BCUT2D eigenvalue weighted by Gasteiger charge is 2.13. The van der Waals surface area contributed by atoms with Gasteiger partial charge in [-0.3, -0.25) is 4.57 Å². The van der Waals surface area contributed by atoms with E-state index in [4.69, 9.17) is 16.3 Å². The van der Waals surface area contributed by atoms with Crippen molar-refractivity contribution in [2.24, 2.45) is 0 Å². The molecule has 0 N–H and O–H groups in total. The fraction of sp³-hybridized carbons (Fsp3) is 0.200. The van der Waals surface area contributed by atoms with E-state index < -0.39 is 0 Å². The third kappa shape index (κ3) is 2.23. The van der Waals surface area contributed by atoms with E-state index >= 15 is 0 Å². The number of alkyl halides is 1. The Morgan fingerprint density at radius 3 is 2.95 bits per heavy atom. The molecule has 0 aliphatic heterocycles. The average Bonchev–Trinajstić information content (AvgIpc) is 2.85. The van der Waals surface area contributed by atoms with E-state index in [0.29, 0.717) is 12.3 Å². The zero-order valence-electron chi connectivity index (χ0n) is 11.1. The number of hydrogen-bond acceptors (Lipinski definition) is 3. The standard InChI is InChI=1S/C15H14ClN3O/c1-20-12-5-2-4-11(10-12)19-14(7-8-16)18-13-6-3-9-17-15(13)19/h2-6,9-10H,7-8H2,1H3. The van der Waals surface area contributed by atoms with Crippen LogP contribution in [0.25, 0.3) is 16.9 Å². The van der Waals surface area contributed by atoms with E-state index in [2.05, 4.69) is 9.97 Å². The van der Waals surface area contributed by atoms with Crippen molar-refractivity contribution < 1.29 is 4.74 Å². The molecule has 0 spiro atoms. The largest absolute Gasteiger partial charge is 0.497 e. The number of aryl methyl sites for hydroxylation is 1. The van der Waals surface area contributed by atoms with Crippen LogP contribution < -0.4 is 4.74 Å². The molecule has 20 heavy (non-hydrogen) atoms. The lowest BCUT2D eigenvalue weighted by molar-refractivity contribution is 0.414. The van der Waals surface area contributed by atoms with Gasteiger partial charge in [0.15, 0.2) is 5.65 Å². The minimum atomic E-state index is 0.521. The van der Waals surface area contributed by atoms with Crippen LogP contribution >= 0.6 is 11.6 Å². The molecule has 0 amide bonds. The molecule has 0 saturated heterocycles. The van der Waals surface area contributed by atoms with Crippen molar-refractivity contribution in [3.63, 3.8) is 0 Å². The highest BCUT2D eigenvalue weighted by atomic mass is 35.5. The van der Waals surface area contributed by atoms with Crippen LogP contribution in [0.2, 0.25) is 0 Å². The van der Waals surface area contributed by atoms with Crippen LogP contribution in [0, 0.1) is 0 Å². The van der Waals surface area contributed by atoms with E-state index in [1.165, 1.54) is 0 Å². The topological polar surface area (TPSA) is 39.9 Å². The molecule has 3 aromatic rings. The van der Waals surface area contributed by atoms with Crippen LogP contribution in [0.1, 0.15) is 5.82 Å². The fourth-order valence-electron chi connectivity index (χ4n) is 2.23. The second-order valence-corrected chi connectivity index (χ2v) is 4.73. The van der Waals surface area contributed by atoms with Gasteiger partial charge in [-0.2, -0.15) is 0 Å². The Morgan fingerprint density at radius 1 is 1.25 bits per heavy atom. The Labute approximate surface area is 122 Å². The van der Waals surface area contributed by atoms with E-state index in [0.717, 1.165) is 28.4 Å². The van der Waals surface area contributed by atoms with Crippen LogP contribution in [0.3, 0.4) is 0 Å². The Morgan fingerprint density at radius 2 is 2.15 bits per heavy atom. The van der Waals surface area contributed by atoms with Crippen molar-refractivity contribution in [1.29, 1.82) is 0 Å². The highest BCUT2D eigenvalue weighted by Crippen LogP contribution is 2.23. The molecule has 3 rings (SSSR count). The van der Waals surface area contributed by atoms with Gasteiger partial charge in [0.1, 0.15) is 17.1 Å². The maximum atomic E-state index is 5.88. The molecule has 2 aromatic heterocycles. The normalized spacial score (nSPS) is 10.9. The average molecular weight is 288 g/mol. The molecular formula is C15H14ClN3O. The number of benzene rings is 1. The third-order valence-electron chi connectivity index (χ3n) is 3.12. The highest BCUT2D eigenvalue weighted by molar-refractivity contribution is 6.17. The monoisotopic (exact) mass is 287 g/mol. The molecule has 0 saturated carbocycles. The number of hydrogen-bond donors (Lipinski definition) is 0. The van der Waals surface area contributed by atoms with E-state index in [-0.39, 0.29) is 0 Å². The molecule has 0 atom stereocenters. The molecule has 0 bridgehead atoms. The van der Waals surface area contributed by atoms with Gasteiger partial charge >= 0.3 is 0 Å². The lowest BCUT2D eigenvalue weighted by Crippen LogP contribution is -2.03. The summed E-state index contributed by atoms with van der Waals surface area (Å²) in [4.78, 5) is 9.04. The summed E-state index contributed by atoms with van der Waals surface area (Å²) in [6.07, 6.45) is 2.46. The van der Waals surface area contributed by atoms with Gasteiger partial charge in [-0.05, 0) is 24.3 Å². The van der Waals surface area contributed by atoms with Crippen molar-refractivity contribution in [1.82, 2.24) is 14.5 Å². The summed E-state index contributed by atoms with van der Waals surface area (Å²) in [5.41, 5.74) is 2.68. The van der Waals surface area contributed by atoms with Gasteiger partial charge in [0, 0.05) is 24.6 Å². The summed E-state index contributed by atoms with van der Waals surface area (Å²) in [6, 6.07) is 11.7. The predicted molar refractivity (Wildman–Crippen MR) is 79.8 cm³/mol. The quantitative estimate of drug-likeness (QED) is 0.692. The summed E-state index contributed by atoms with van der Waals surface area (Å²) in [5, 5.41) is 0. The maximum absolute atomic E-state index is 5.88. The van der Waals surface area contributed by atoms with Crippen LogP contribution in [-0.2, 0) is 6.42 Å². The van der Waals surface area contributed by atoms with Crippen LogP contribution in [0.15, 0.2) is 42.6 Å². The number of halogens is 1. The minimum Gasteiger partial charge on any atom is -0.497 e. The van der Waals surface area contributed by atoms with Gasteiger partial charge in [0.2, 0.25) is 0 Å². The van der Waals surface area contributed by atoms with Gasteiger partial charge in [0.05, 0.1) is 12.8 Å². The number of nitrogens with zero attached hydrogens (tertiary/aromatic N) is 3. The van der Waals surface area contributed by atoms with Crippen molar-refractivity contribution >= 4 is 22.8 Å². The molecule has 0 radical (unpaired) electrons. The molecular weight excluding hydrogens is 274 g/mol. The van der Waals surface area contributed by atoms with E-state index in [1.807, 2.05) is 41.0 Å². The lowest BCUT2D eigenvalue weighted by atomic mass is 10.3. The Kier molecular flexibility index (Phi) is 3.56. The Hall–Kier alpha value is -2.07. The third-order valence-corrected chi connectivity index (χ3v) is 3.30. The number of methoxy groups -OCH3 is 1. The molecule has 102 valence electrons. The van der Waals surface area contributed by atoms with Gasteiger partial charge in [-0.25, -0.2) is 9.97 Å². The smallest absolute Gasteiger partial charge is 0.164 e. The summed E-state index contributed by atoms with van der Waals surface area (Å²) < 4.78 is 7.31. The summed E-state index contributed by atoms with van der Waals surface area (Å²) in [5.74, 6) is 2.23. The van der Waals surface area contributed by atoms with E-state index in [9.17, 15) is 0 Å². The predicted octanol–water partition coefficient (Wildman–Crippen LogP) is 3.21. The number of pyridine rings is 1. The number of aromatic nitrogens is 3. The summed E-state index contributed by atoms with van der Waals surface area (Å²) in [6.45, 7) is 0. The first kappa shape index (κ1) is 12.9. The SMILES string of the molecule is COc1cccc(-n2c(CCCl)nc3cccnc32)c1. The first-order chi connectivity index (χ1) is 9.83. The number of ether oxygens (including phenoxy) is 1. The van der Waals surface area contributed by atoms with Crippen molar-refractivity contribution in [2.75, 3.05) is 13.0 Å². The molecule has 0 aliphatic rings. The van der Waals surface area contributed by atoms with Gasteiger partial charge in [-0.1, -0.05) is 6.07 Å². The molecule has 2 heterocycles. The fourth-order valence-corrected chi connectivity index (χ4v) is 2.40. The molecule has 0 fully saturated rings. The molecule has 1 aromatic carbocycles. The number of imidazole rings is 1. The number of rotatable bonds is 4. The Bertz CT molecular complexity index is 739. The second-order valence-electron chi connectivity index (χ2n) is 4.35. The Balaban J connectivity index is 2.24. The maximum Gasteiger partial charge on any atom is 0.164 e.